The van der Waals surface area contributed by atoms with Crippen molar-refractivity contribution in [2.45, 2.75) is 19.5 Å². The van der Waals surface area contributed by atoms with Crippen molar-refractivity contribution in [3.63, 3.8) is 0 Å². The zero-order valence-corrected chi connectivity index (χ0v) is 16.3. The minimum Gasteiger partial charge on any atom is -0.497 e. The van der Waals surface area contributed by atoms with Crippen molar-refractivity contribution in [1.82, 2.24) is 9.80 Å². The second kappa shape index (κ2) is 8.63. The molecular formula is C22H27N3O3. The average molecular weight is 381 g/mol. The molecule has 6 nitrogen and oxygen atoms in total. The normalized spacial score (nSPS) is 17.1. The highest BCUT2D eigenvalue weighted by Gasteiger charge is 2.21. The van der Waals surface area contributed by atoms with Crippen molar-refractivity contribution >= 4 is 11.7 Å². The summed E-state index contributed by atoms with van der Waals surface area (Å²) in [5.74, 6) is 0.869. The highest BCUT2D eigenvalue weighted by atomic mass is 16.5. The first-order valence-electron chi connectivity index (χ1n) is 9.82. The molecule has 0 aliphatic carbocycles. The first kappa shape index (κ1) is 18.8. The van der Waals surface area contributed by atoms with E-state index in [2.05, 4.69) is 28.4 Å². The molecule has 2 amide bonds. The van der Waals surface area contributed by atoms with E-state index < -0.39 is 0 Å². The molecule has 0 saturated carbocycles. The molecule has 1 fully saturated rings. The van der Waals surface area contributed by atoms with Crippen LogP contribution in [0.2, 0.25) is 0 Å². The van der Waals surface area contributed by atoms with Crippen LogP contribution < -0.4 is 10.1 Å². The summed E-state index contributed by atoms with van der Waals surface area (Å²) >= 11 is 0. The SMILES string of the molecule is COc1ccc2c(c1)CCN(C(=O)Nc1ccc(CN3CCOCC3)cc1)C2. The molecule has 0 spiro atoms. The third-order valence-electron chi connectivity index (χ3n) is 5.43. The minimum atomic E-state index is -0.0533. The summed E-state index contributed by atoms with van der Waals surface area (Å²) in [6.07, 6.45) is 0.846. The van der Waals surface area contributed by atoms with E-state index in [4.69, 9.17) is 9.47 Å². The van der Waals surface area contributed by atoms with Crippen molar-refractivity contribution in [1.29, 1.82) is 0 Å². The lowest BCUT2D eigenvalue weighted by atomic mass is 10.00. The maximum absolute atomic E-state index is 12.7. The van der Waals surface area contributed by atoms with Gasteiger partial charge in [-0.1, -0.05) is 18.2 Å². The third-order valence-corrected chi connectivity index (χ3v) is 5.43. The molecule has 4 rings (SSSR count). The number of amides is 2. The van der Waals surface area contributed by atoms with Gasteiger partial charge in [0, 0.05) is 38.4 Å². The minimum absolute atomic E-state index is 0.0533. The van der Waals surface area contributed by atoms with Crippen molar-refractivity contribution in [3.8, 4) is 5.75 Å². The van der Waals surface area contributed by atoms with Crippen LogP contribution in [-0.4, -0.2) is 55.8 Å². The van der Waals surface area contributed by atoms with Gasteiger partial charge in [0.2, 0.25) is 0 Å². The van der Waals surface area contributed by atoms with Gasteiger partial charge in [-0.25, -0.2) is 4.79 Å². The Bertz CT molecular complexity index is 816. The van der Waals surface area contributed by atoms with Crippen molar-refractivity contribution in [3.05, 3.63) is 59.2 Å². The maximum atomic E-state index is 12.7. The first-order chi connectivity index (χ1) is 13.7. The number of carbonyl (C=O) groups is 1. The molecule has 0 aromatic heterocycles. The van der Waals surface area contributed by atoms with E-state index >= 15 is 0 Å². The van der Waals surface area contributed by atoms with Gasteiger partial charge < -0.3 is 19.7 Å². The first-order valence-corrected chi connectivity index (χ1v) is 9.82. The molecule has 0 bridgehead atoms. The van der Waals surface area contributed by atoms with Gasteiger partial charge in [0.1, 0.15) is 5.75 Å². The van der Waals surface area contributed by atoms with Gasteiger partial charge in [-0.05, 0) is 47.4 Å². The quantitative estimate of drug-likeness (QED) is 0.884. The molecule has 0 atom stereocenters. The predicted octanol–water partition coefficient (Wildman–Crippen LogP) is 3.12. The number of nitrogens with zero attached hydrogens (tertiary/aromatic N) is 2. The molecule has 1 saturated heterocycles. The Kier molecular flexibility index (Phi) is 5.78. The van der Waals surface area contributed by atoms with E-state index in [1.807, 2.05) is 29.2 Å². The molecule has 0 radical (unpaired) electrons. The summed E-state index contributed by atoms with van der Waals surface area (Å²) in [4.78, 5) is 16.9. The Labute approximate surface area is 166 Å². The molecule has 148 valence electrons. The van der Waals surface area contributed by atoms with Gasteiger partial charge in [-0.2, -0.15) is 0 Å². The Morgan fingerprint density at radius 3 is 2.61 bits per heavy atom. The second-order valence-electron chi connectivity index (χ2n) is 7.32. The topological polar surface area (TPSA) is 54.0 Å². The molecule has 2 heterocycles. The molecule has 0 unspecified atom stereocenters. The number of nitrogens with one attached hydrogen (secondary N) is 1. The van der Waals surface area contributed by atoms with Crippen LogP contribution >= 0.6 is 0 Å². The number of hydrogen-bond acceptors (Lipinski definition) is 4. The summed E-state index contributed by atoms with van der Waals surface area (Å²) in [7, 11) is 1.68. The van der Waals surface area contributed by atoms with Gasteiger partial charge in [0.05, 0.1) is 20.3 Å². The Morgan fingerprint density at radius 2 is 1.86 bits per heavy atom. The summed E-state index contributed by atoms with van der Waals surface area (Å²) in [6, 6.07) is 14.2. The second-order valence-corrected chi connectivity index (χ2v) is 7.32. The monoisotopic (exact) mass is 381 g/mol. The van der Waals surface area contributed by atoms with Crippen LogP contribution in [0.15, 0.2) is 42.5 Å². The van der Waals surface area contributed by atoms with Gasteiger partial charge in [-0.15, -0.1) is 0 Å². The van der Waals surface area contributed by atoms with E-state index in [-0.39, 0.29) is 6.03 Å². The highest BCUT2D eigenvalue weighted by molar-refractivity contribution is 5.89. The van der Waals surface area contributed by atoms with Crippen molar-refractivity contribution < 1.29 is 14.3 Å². The average Bonchev–Trinajstić information content (AvgIpc) is 2.75. The molecule has 6 heteroatoms. The number of urea groups is 1. The summed E-state index contributed by atoms with van der Waals surface area (Å²) in [5.41, 5.74) is 4.52. The number of methoxy groups -OCH3 is 1. The van der Waals surface area contributed by atoms with Gasteiger partial charge >= 0.3 is 6.03 Å². The molecule has 2 aliphatic rings. The third kappa shape index (κ3) is 4.46. The number of anilines is 1. The molecule has 2 aromatic rings. The van der Waals surface area contributed by atoms with E-state index in [1.54, 1.807) is 7.11 Å². The number of fused-ring (bicyclic) bond motifs is 1. The lowest BCUT2D eigenvalue weighted by Crippen LogP contribution is -2.38. The fourth-order valence-corrected chi connectivity index (χ4v) is 3.74. The van der Waals surface area contributed by atoms with Crippen molar-refractivity contribution in [2.24, 2.45) is 0 Å². The number of rotatable bonds is 4. The zero-order valence-electron chi connectivity index (χ0n) is 16.3. The van der Waals surface area contributed by atoms with Crippen LogP contribution in [0.5, 0.6) is 5.75 Å². The Balaban J connectivity index is 1.33. The van der Waals surface area contributed by atoms with Crippen LogP contribution in [0.4, 0.5) is 10.5 Å². The standard InChI is InChI=1S/C22H27N3O3/c1-27-21-7-4-19-16-25(9-8-18(19)14-21)22(26)23-20-5-2-17(3-6-20)15-24-10-12-28-13-11-24/h2-7,14H,8-13,15-16H2,1H3,(H,23,26). The van der Waals surface area contributed by atoms with E-state index in [9.17, 15) is 4.79 Å². The number of morpholine rings is 1. The van der Waals surface area contributed by atoms with E-state index in [1.165, 1.54) is 16.7 Å². The summed E-state index contributed by atoms with van der Waals surface area (Å²) in [6.45, 7) is 5.81. The fourth-order valence-electron chi connectivity index (χ4n) is 3.74. The number of benzene rings is 2. The zero-order chi connectivity index (χ0) is 19.3. The number of ether oxygens (including phenoxy) is 2. The Hall–Kier alpha value is -2.57. The van der Waals surface area contributed by atoms with Crippen LogP contribution in [0.25, 0.3) is 0 Å². The van der Waals surface area contributed by atoms with Crippen LogP contribution in [0.1, 0.15) is 16.7 Å². The smallest absolute Gasteiger partial charge is 0.322 e. The maximum Gasteiger partial charge on any atom is 0.322 e. The van der Waals surface area contributed by atoms with Gasteiger partial charge in [0.15, 0.2) is 0 Å². The number of hydrogen-bond donors (Lipinski definition) is 1. The van der Waals surface area contributed by atoms with Crippen molar-refractivity contribution in [2.75, 3.05) is 45.3 Å². The predicted molar refractivity (Wildman–Crippen MR) is 109 cm³/mol. The largest absolute Gasteiger partial charge is 0.497 e. The fraction of sp³-hybridized carbons (Fsp3) is 0.409. The lowest BCUT2D eigenvalue weighted by molar-refractivity contribution is 0.0342. The molecule has 28 heavy (non-hydrogen) atoms. The lowest BCUT2D eigenvalue weighted by Gasteiger charge is -2.29. The van der Waals surface area contributed by atoms with E-state index in [0.717, 1.165) is 50.7 Å². The van der Waals surface area contributed by atoms with Gasteiger partial charge in [0.25, 0.3) is 0 Å². The molecule has 1 N–H and O–H groups in total. The molecule has 2 aromatic carbocycles. The summed E-state index contributed by atoms with van der Waals surface area (Å²) < 4.78 is 10.7. The van der Waals surface area contributed by atoms with Crippen LogP contribution in [0, 0.1) is 0 Å². The molecular weight excluding hydrogens is 354 g/mol. The van der Waals surface area contributed by atoms with E-state index in [0.29, 0.717) is 13.1 Å². The van der Waals surface area contributed by atoms with Crippen LogP contribution in [-0.2, 0) is 24.2 Å². The number of carbonyl (C=O) groups excluding carboxylic acids is 1. The van der Waals surface area contributed by atoms with Crippen LogP contribution in [0.3, 0.4) is 0 Å². The highest BCUT2D eigenvalue weighted by Crippen LogP contribution is 2.24. The molecule has 2 aliphatic heterocycles. The van der Waals surface area contributed by atoms with Gasteiger partial charge in [-0.3, -0.25) is 4.90 Å². The Morgan fingerprint density at radius 1 is 1.07 bits per heavy atom. The summed E-state index contributed by atoms with van der Waals surface area (Å²) in [5, 5.41) is 3.02.